The zero-order valence-corrected chi connectivity index (χ0v) is 14.1. The molecule has 3 N–H and O–H groups in total. The van der Waals surface area contributed by atoms with Crippen LogP contribution in [0.4, 0.5) is 10.5 Å². The van der Waals surface area contributed by atoms with Crippen LogP contribution in [0.5, 0.6) is 0 Å². The highest BCUT2D eigenvalue weighted by Gasteiger charge is 2.15. The minimum Gasteiger partial charge on any atom is -0.435 e. The van der Waals surface area contributed by atoms with Gasteiger partial charge >= 0.3 is 6.03 Å². The van der Waals surface area contributed by atoms with E-state index in [1.165, 1.54) is 0 Å². The van der Waals surface area contributed by atoms with E-state index in [0.717, 1.165) is 0 Å². The number of anilines is 1. The smallest absolute Gasteiger partial charge is 0.319 e. The number of nitrogens with one attached hydrogen (secondary N) is 2. The van der Waals surface area contributed by atoms with Crippen LogP contribution in [0, 0.1) is 5.92 Å². The minimum absolute atomic E-state index is 0.0156. The summed E-state index contributed by atoms with van der Waals surface area (Å²) in [7, 11) is 0. The summed E-state index contributed by atoms with van der Waals surface area (Å²) in [5.74, 6) is 0.408. The van der Waals surface area contributed by atoms with Gasteiger partial charge in [-0.3, -0.25) is 4.98 Å². The van der Waals surface area contributed by atoms with Crippen LogP contribution in [0.25, 0.3) is 22.7 Å². The van der Waals surface area contributed by atoms with E-state index in [1.54, 1.807) is 24.4 Å². The third-order valence-corrected chi connectivity index (χ3v) is 4.03. The normalized spacial score (nSPS) is 13.4. The molecule has 0 spiro atoms. The first-order valence-corrected chi connectivity index (χ1v) is 8.07. The van der Waals surface area contributed by atoms with E-state index in [1.807, 2.05) is 32.0 Å². The van der Waals surface area contributed by atoms with E-state index >= 15 is 0 Å². The molecule has 0 radical (unpaired) electrons. The van der Waals surface area contributed by atoms with Crippen LogP contribution in [0.15, 0.2) is 47.0 Å². The fourth-order valence-corrected chi connectivity index (χ4v) is 2.28. The van der Waals surface area contributed by atoms with Gasteiger partial charge in [-0.25, -0.2) is 9.78 Å². The van der Waals surface area contributed by atoms with Gasteiger partial charge in [-0.1, -0.05) is 13.0 Å². The van der Waals surface area contributed by atoms with Gasteiger partial charge in [-0.05, 0) is 37.1 Å². The Hall–Kier alpha value is -2.93. The van der Waals surface area contributed by atoms with Crippen molar-refractivity contribution in [2.24, 2.45) is 5.92 Å². The number of hydrogen-bond donors (Lipinski definition) is 3. The first-order valence-electron chi connectivity index (χ1n) is 8.07. The molecule has 0 aliphatic heterocycles. The van der Waals surface area contributed by atoms with Gasteiger partial charge in [0.25, 0.3) is 0 Å². The first kappa shape index (κ1) is 16.9. The molecule has 1 aromatic carbocycles. The number of oxazole rings is 1. The van der Waals surface area contributed by atoms with Crippen LogP contribution in [-0.2, 0) is 0 Å². The number of nitrogens with zero attached hydrogens (tertiary/aromatic N) is 2. The van der Waals surface area contributed by atoms with Crippen LogP contribution in [0.2, 0.25) is 0 Å². The molecular weight excluding hydrogens is 320 g/mol. The maximum atomic E-state index is 12.0. The Labute approximate surface area is 145 Å². The maximum Gasteiger partial charge on any atom is 0.319 e. The molecule has 7 heteroatoms. The van der Waals surface area contributed by atoms with E-state index in [-0.39, 0.29) is 24.6 Å². The second-order valence-electron chi connectivity index (χ2n) is 5.96. The molecule has 2 atom stereocenters. The molecule has 0 saturated carbocycles. The summed E-state index contributed by atoms with van der Waals surface area (Å²) < 4.78 is 5.73. The van der Waals surface area contributed by atoms with Crippen LogP contribution in [-0.4, -0.2) is 33.8 Å². The van der Waals surface area contributed by atoms with Gasteiger partial charge in [0.1, 0.15) is 11.2 Å². The Bertz CT molecular complexity index is 863. The van der Waals surface area contributed by atoms with E-state index in [4.69, 9.17) is 9.52 Å². The van der Waals surface area contributed by atoms with Gasteiger partial charge < -0.3 is 20.2 Å². The molecule has 0 bridgehead atoms. The predicted octanol–water partition coefficient (Wildman–Crippen LogP) is 3.03. The van der Waals surface area contributed by atoms with Gasteiger partial charge in [-0.2, -0.15) is 0 Å². The van der Waals surface area contributed by atoms with Crippen molar-refractivity contribution < 1.29 is 14.3 Å². The van der Waals surface area contributed by atoms with Crippen LogP contribution in [0.1, 0.15) is 13.8 Å². The highest BCUT2D eigenvalue weighted by atomic mass is 16.3. The second-order valence-corrected chi connectivity index (χ2v) is 5.96. The average Bonchev–Trinajstić information content (AvgIpc) is 3.05. The minimum atomic E-state index is -0.336. The highest BCUT2D eigenvalue weighted by Crippen LogP contribution is 2.25. The summed E-state index contributed by atoms with van der Waals surface area (Å²) in [6.45, 7) is 3.73. The molecule has 25 heavy (non-hydrogen) atoms. The maximum absolute atomic E-state index is 12.0. The van der Waals surface area contributed by atoms with Crippen molar-refractivity contribution in [1.29, 1.82) is 0 Å². The number of fused-ring (bicyclic) bond motifs is 1. The van der Waals surface area contributed by atoms with Crippen LogP contribution >= 0.6 is 0 Å². The summed E-state index contributed by atoms with van der Waals surface area (Å²) >= 11 is 0. The third-order valence-electron chi connectivity index (χ3n) is 4.03. The molecule has 0 saturated heterocycles. The summed E-state index contributed by atoms with van der Waals surface area (Å²) in [5, 5.41) is 14.7. The summed E-state index contributed by atoms with van der Waals surface area (Å²) in [4.78, 5) is 20.7. The molecule has 3 aromatic rings. The number of aliphatic hydroxyl groups is 1. The molecule has 3 rings (SSSR count). The van der Waals surface area contributed by atoms with Gasteiger partial charge in [0, 0.05) is 30.6 Å². The largest absolute Gasteiger partial charge is 0.435 e. The molecule has 2 heterocycles. The Balaban J connectivity index is 1.74. The number of aromatic nitrogens is 2. The van der Waals surface area contributed by atoms with Crippen molar-refractivity contribution in [3.8, 4) is 11.6 Å². The summed E-state index contributed by atoms with van der Waals surface area (Å²) in [6.07, 6.45) is 1.68. The van der Waals surface area contributed by atoms with Crippen molar-refractivity contribution in [1.82, 2.24) is 15.3 Å². The summed E-state index contributed by atoms with van der Waals surface area (Å²) in [6, 6.07) is 10.3. The number of pyridine rings is 1. The number of aliphatic hydroxyl groups excluding tert-OH is 1. The zero-order valence-electron chi connectivity index (χ0n) is 14.1. The Morgan fingerprint density at radius 3 is 2.84 bits per heavy atom. The van der Waals surface area contributed by atoms with Crippen molar-refractivity contribution in [2.75, 3.05) is 11.9 Å². The average molecular weight is 340 g/mol. The van der Waals surface area contributed by atoms with Gasteiger partial charge in [0.2, 0.25) is 5.89 Å². The van der Waals surface area contributed by atoms with Gasteiger partial charge in [0.15, 0.2) is 5.58 Å². The molecular formula is C18H20N4O3. The first-order chi connectivity index (χ1) is 12.1. The quantitative estimate of drug-likeness (QED) is 0.663. The van der Waals surface area contributed by atoms with Crippen LogP contribution < -0.4 is 10.6 Å². The molecule has 2 amide bonds. The van der Waals surface area contributed by atoms with Crippen molar-refractivity contribution >= 4 is 22.8 Å². The fraction of sp³-hybridized carbons (Fsp3) is 0.278. The molecule has 7 nitrogen and oxygen atoms in total. The van der Waals surface area contributed by atoms with E-state index in [0.29, 0.717) is 28.4 Å². The van der Waals surface area contributed by atoms with E-state index < -0.39 is 0 Å². The van der Waals surface area contributed by atoms with E-state index in [9.17, 15) is 4.79 Å². The number of urea groups is 1. The summed E-state index contributed by atoms with van der Waals surface area (Å²) in [5.41, 5.74) is 2.50. The lowest BCUT2D eigenvalue weighted by molar-refractivity contribution is 0.204. The van der Waals surface area contributed by atoms with Crippen molar-refractivity contribution in [2.45, 2.75) is 19.9 Å². The lowest BCUT2D eigenvalue weighted by Crippen LogP contribution is -2.40. The lowest BCUT2D eigenvalue weighted by Gasteiger charge is -2.19. The van der Waals surface area contributed by atoms with Gasteiger partial charge in [0.05, 0.1) is 0 Å². The van der Waals surface area contributed by atoms with Crippen LogP contribution in [0.3, 0.4) is 0 Å². The molecule has 0 aliphatic rings. The molecule has 2 aromatic heterocycles. The zero-order chi connectivity index (χ0) is 17.8. The predicted molar refractivity (Wildman–Crippen MR) is 95.1 cm³/mol. The number of carbonyl (C=O) groups excluding carboxylic acids is 1. The number of benzene rings is 1. The molecule has 130 valence electrons. The highest BCUT2D eigenvalue weighted by molar-refractivity contribution is 5.92. The SMILES string of the molecule is C[C@H](CO)[C@H](C)NC(=O)Nc1ccc2nc(-c3ccccn3)oc2c1. The molecule has 0 unspecified atom stereocenters. The topological polar surface area (TPSA) is 100 Å². The Morgan fingerprint density at radius 1 is 1.28 bits per heavy atom. The van der Waals surface area contributed by atoms with Gasteiger partial charge in [-0.15, -0.1) is 0 Å². The fourth-order valence-electron chi connectivity index (χ4n) is 2.28. The van der Waals surface area contributed by atoms with Crippen molar-refractivity contribution in [3.63, 3.8) is 0 Å². The number of carbonyl (C=O) groups is 1. The number of rotatable bonds is 5. The molecule has 0 fully saturated rings. The monoisotopic (exact) mass is 340 g/mol. The Morgan fingerprint density at radius 2 is 2.12 bits per heavy atom. The number of hydrogen-bond acceptors (Lipinski definition) is 5. The second kappa shape index (κ2) is 7.31. The number of amides is 2. The molecule has 0 aliphatic carbocycles. The van der Waals surface area contributed by atoms with E-state index in [2.05, 4.69) is 20.6 Å². The lowest BCUT2D eigenvalue weighted by atomic mass is 10.1. The third kappa shape index (κ3) is 3.95. The van der Waals surface area contributed by atoms with Crippen molar-refractivity contribution in [3.05, 3.63) is 42.6 Å². The Kier molecular flexibility index (Phi) is 4.95. The standard InChI is InChI=1S/C18H20N4O3/c1-11(10-23)12(2)20-18(24)21-13-6-7-14-16(9-13)25-17(22-14)15-5-3-4-8-19-15/h3-9,11-12,23H,10H2,1-2H3,(H2,20,21,24)/t11-,12+/m1/s1.